The third-order valence-corrected chi connectivity index (χ3v) is 3.67. The van der Waals surface area contributed by atoms with Crippen molar-refractivity contribution in [2.45, 2.75) is 52.2 Å². The van der Waals surface area contributed by atoms with E-state index in [0.717, 1.165) is 23.8 Å². The second-order valence-corrected chi connectivity index (χ2v) is 5.36. The van der Waals surface area contributed by atoms with Gasteiger partial charge in [0.05, 0.1) is 0 Å². The Morgan fingerprint density at radius 2 is 2.05 bits per heavy atom. The van der Waals surface area contributed by atoms with Crippen LogP contribution in [0.4, 0.5) is 5.69 Å². The molecule has 0 atom stereocenters. The molecule has 1 saturated carbocycles. The second-order valence-electron chi connectivity index (χ2n) is 5.36. The van der Waals surface area contributed by atoms with Gasteiger partial charge in [-0.25, -0.2) is 9.36 Å². The Kier molecular flexibility index (Phi) is 4.50. The van der Waals surface area contributed by atoms with Crippen LogP contribution in [-0.4, -0.2) is 32.5 Å². The molecule has 1 aromatic rings. The van der Waals surface area contributed by atoms with Gasteiger partial charge in [-0.1, -0.05) is 6.92 Å². The van der Waals surface area contributed by atoms with E-state index in [9.17, 15) is 14.4 Å². The summed E-state index contributed by atoms with van der Waals surface area (Å²) < 4.78 is 2.33. The minimum Gasteiger partial charge on any atom is -0.393 e. The number of hydrogen-bond donors (Lipinski definition) is 1. The molecule has 0 aliphatic heterocycles. The highest BCUT2D eigenvalue weighted by atomic mass is 16.2. The molecule has 0 spiro atoms. The van der Waals surface area contributed by atoms with Gasteiger partial charge in [0.2, 0.25) is 5.91 Å². The maximum atomic E-state index is 12.3. The number of nitrogens with two attached hydrogens (primary N) is 1. The van der Waals surface area contributed by atoms with Crippen LogP contribution in [0.2, 0.25) is 0 Å². The van der Waals surface area contributed by atoms with E-state index in [0.29, 0.717) is 13.1 Å². The molecule has 2 N–H and O–H groups in total. The first kappa shape index (κ1) is 15.3. The Morgan fingerprint density at radius 3 is 2.57 bits per heavy atom. The van der Waals surface area contributed by atoms with Crippen LogP contribution in [0.1, 0.15) is 33.1 Å². The summed E-state index contributed by atoms with van der Waals surface area (Å²) in [7, 11) is 0. The van der Waals surface area contributed by atoms with Crippen LogP contribution in [0.25, 0.3) is 0 Å². The van der Waals surface area contributed by atoms with Gasteiger partial charge in [-0.2, -0.15) is 0 Å². The molecule has 1 aromatic heterocycles. The van der Waals surface area contributed by atoms with Crippen molar-refractivity contribution >= 4 is 11.6 Å². The molecular formula is C14H22N4O3. The molecule has 21 heavy (non-hydrogen) atoms. The zero-order chi connectivity index (χ0) is 15.6. The number of amides is 1. The molecule has 1 aliphatic carbocycles. The van der Waals surface area contributed by atoms with Crippen molar-refractivity contribution in [2.75, 3.05) is 12.3 Å². The lowest BCUT2D eigenvalue weighted by molar-refractivity contribution is -0.132. The molecule has 1 amide bonds. The van der Waals surface area contributed by atoms with Crippen LogP contribution in [0.15, 0.2) is 15.8 Å². The number of rotatable bonds is 6. The highest BCUT2D eigenvalue weighted by Crippen LogP contribution is 2.26. The fourth-order valence-corrected chi connectivity index (χ4v) is 2.47. The zero-order valence-electron chi connectivity index (χ0n) is 12.5. The third kappa shape index (κ3) is 3.17. The minimum absolute atomic E-state index is 0.00896. The average Bonchev–Trinajstić information content (AvgIpc) is 3.26. The number of likely N-dealkylation sites (N-methyl/N-ethyl adjacent to an activating group) is 1. The monoisotopic (exact) mass is 294 g/mol. The van der Waals surface area contributed by atoms with E-state index in [4.69, 9.17) is 5.73 Å². The largest absolute Gasteiger partial charge is 0.393 e. The van der Waals surface area contributed by atoms with E-state index in [1.165, 1.54) is 10.8 Å². The van der Waals surface area contributed by atoms with Crippen molar-refractivity contribution < 1.29 is 4.79 Å². The molecule has 0 bridgehead atoms. The van der Waals surface area contributed by atoms with Crippen molar-refractivity contribution in [1.29, 1.82) is 0 Å². The van der Waals surface area contributed by atoms with Crippen LogP contribution in [-0.2, 0) is 17.9 Å². The van der Waals surface area contributed by atoms with Crippen molar-refractivity contribution in [2.24, 2.45) is 0 Å². The lowest BCUT2D eigenvalue weighted by atomic mass is 10.4. The summed E-state index contributed by atoms with van der Waals surface area (Å²) >= 11 is 0. The van der Waals surface area contributed by atoms with Crippen LogP contribution in [0, 0.1) is 0 Å². The molecule has 7 nitrogen and oxygen atoms in total. The molecule has 7 heteroatoms. The maximum Gasteiger partial charge on any atom is 0.331 e. The van der Waals surface area contributed by atoms with Crippen molar-refractivity contribution in [3.05, 3.63) is 27.0 Å². The second kappa shape index (κ2) is 6.15. The molecule has 0 unspecified atom stereocenters. The summed E-state index contributed by atoms with van der Waals surface area (Å²) in [6, 6.07) is 0.261. The van der Waals surface area contributed by atoms with Crippen LogP contribution in [0.3, 0.4) is 0 Å². The summed E-state index contributed by atoms with van der Waals surface area (Å²) in [5, 5.41) is 0. The summed E-state index contributed by atoms with van der Waals surface area (Å²) in [5.74, 6) is -0.201. The topological polar surface area (TPSA) is 90.3 Å². The zero-order valence-corrected chi connectivity index (χ0v) is 12.5. The van der Waals surface area contributed by atoms with E-state index < -0.39 is 11.2 Å². The Morgan fingerprint density at radius 1 is 1.38 bits per heavy atom. The molecule has 0 radical (unpaired) electrons. The smallest absolute Gasteiger partial charge is 0.331 e. The Bertz CT molecular complexity index is 643. The van der Waals surface area contributed by atoms with Gasteiger partial charge in [-0.3, -0.25) is 14.2 Å². The highest BCUT2D eigenvalue weighted by Gasteiger charge is 2.31. The van der Waals surface area contributed by atoms with Gasteiger partial charge in [0, 0.05) is 25.3 Å². The van der Waals surface area contributed by atoms with Gasteiger partial charge >= 0.3 is 5.69 Å². The highest BCUT2D eigenvalue weighted by molar-refractivity contribution is 5.76. The quantitative estimate of drug-likeness (QED) is 0.800. The molecular weight excluding hydrogens is 272 g/mol. The first-order valence-electron chi connectivity index (χ1n) is 7.38. The van der Waals surface area contributed by atoms with Crippen LogP contribution < -0.4 is 17.0 Å². The lowest BCUT2D eigenvalue weighted by Crippen LogP contribution is -2.45. The minimum atomic E-state index is -0.590. The Balaban J connectivity index is 2.32. The van der Waals surface area contributed by atoms with Gasteiger partial charge in [0.25, 0.3) is 5.56 Å². The molecule has 116 valence electrons. The van der Waals surface area contributed by atoms with E-state index in [2.05, 4.69) is 0 Å². The SMILES string of the molecule is CCCn1cc(N)c(=O)n(CC(=O)N(CC)C2CC2)c1=O. The Labute approximate surface area is 123 Å². The number of aryl methyl sites for hydroxylation is 1. The lowest BCUT2D eigenvalue weighted by Gasteiger charge is -2.21. The molecule has 1 fully saturated rings. The fraction of sp³-hybridized carbons (Fsp3) is 0.643. The number of carbonyl (C=O) groups excluding carboxylic acids is 1. The number of hydrogen-bond acceptors (Lipinski definition) is 4. The number of aromatic nitrogens is 2. The summed E-state index contributed by atoms with van der Waals surface area (Å²) in [4.78, 5) is 38.3. The summed E-state index contributed by atoms with van der Waals surface area (Å²) in [6.07, 6.45) is 4.08. The average molecular weight is 294 g/mol. The number of carbonyl (C=O) groups is 1. The molecule has 2 rings (SSSR count). The molecule has 0 saturated heterocycles. The fourth-order valence-electron chi connectivity index (χ4n) is 2.47. The Hall–Kier alpha value is -2.05. The summed E-state index contributed by atoms with van der Waals surface area (Å²) in [5.41, 5.74) is 4.58. The first-order valence-corrected chi connectivity index (χ1v) is 7.38. The van der Waals surface area contributed by atoms with Gasteiger partial charge in [0.15, 0.2) is 0 Å². The normalized spacial score (nSPS) is 14.2. The van der Waals surface area contributed by atoms with Crippen LogP contribution in [0.5, 0.6) is 0 Å². The number of anilines is 1. The van der Waals surface area contributed by atoms with E-state index in [1.54, 1.807) is 4.90 Å². The predicted octanol–water partition coefficient (Wildman–Crippen LogP) is 0.0131. The van der Waals surface area contributed by atoms with Gasteiger partial charge in [-0.05, 0) is 26.2 Å². The van der Waals surface area contributed by atoms with Crippen molar-refractivity contribution in [3.8, 4) is 0 Å². The number of nitrogen functional groups attached to an aromatic ring is 1. The number of nitrogens with zero attached hydrogens (tertiary/aromatic N) is 3. The maximum absolute atomic E-state index is 12.3. The third-order valence-electron chi connectivity index (χ3n) is 3.67. The predicted molar refractivity (Wildman–Crippen MR) is 80.1 cm³/mol. The molecule has 0 aromatic carbocycles. The summed E-state index contributed by atoms with van der Waals surface area (Å²) in [6.45, 7) is 4.64. The standard InChI is InChI=1S/C14H22N4O3/c1-3-7-16-8-11(15)13(20)18(14(16)21)9-12(19)17(4-2)10-5-6-10/h8,10H,3-7,9,15H2,1-2H3. The van der Waals surface area contributed by atoms with Crippen LogP contribution >= 0.6 is 0 Å². The van der Waals surface area contributed by atoms with Gasteiger partial charge in [-0.15, -0.1) is 0 Å². The first-order chi connectivity index (χ1) is 9.99. The van der Waals surface area contributed by atoms with E-state index in [1.807, 2.05) is 13.8 Å². The van der Waals surface area contributed by atoms with E-state index in [-0.39, 0.29) is 24.2 Å². The molecule has 1 aliphatic rings. The van der Waals surface area contributed by atoms with Gasteiger partial charge < -0.3 is 10.6 Å². The molecule has 1 heterocycles. The van der Waals surface area contributed by atoms with Crippen molar-refractivity contribution in [1.82, 2.24) is 14.0 Å². The van der Waals surface area contributed by atoms with Gasteiger partial charge in [0.1, 0.15) is 12.2 Å². The van der Waals surface area contributed by atoms with E-state index >= 15 is 0 Å². The van der Waals surface area contributed by atoms with Crippen molar-refractivity contribution in [3.63, 3.8) is 0 Å².